The van der Waals surface area contributed by atoms with Crippen LogP contribution in [0.2, 0.25) is 0 Å². The van der Waals surface area contributed by atoms with Crippen molar-refractivity contribution in [1.82, 2.24) is 0 Å². The Bertz CT molecular complexity index is 585. The van der Waals surface area contributed by atoms with Crippen molar-refractivity contribution in [2.24, 2.45) is 28.7 Å². The molecule has 2 saturated heterocycles. The fourth-order valence-electron chi connectivity index (χ4n) is 4.45. The lowest BCUT2D eigenvalue weighted by Gasteiger charge is -2.48. The fraction of sp³-hybridized carbons (Fsp3) is 1.00. The maximum absolute atomic E-state index is 11.0. The lowest BCUT2D eigenvalue weighted by atomic mass is 9.84. The van der Waals surface area contributed by atoms with Gasteiger partial charge in [0.05, 0.1) is 18.7 Å². The first-order valence-corrected chi connectivity index (χ1v) is 10.9. The summed E-state index contributed by atoms with van der Waals surface area (Å²) in [5.74, 6) is 0. The number of nitrogens with two attached hydrogens (primary N) is 5. The molecule has 15 heteroatoms. The van der Waals surface area contributed by atoms with E-state index < -0.39 is 98.3 Å². The highest BCUT2D eigenvalue weighted by Gasteiger charge is 2.51. The normalized spacial score (nSPS) is 53.7. The summed E-state index contributed by atoms with van der Waals surface area (Å²) < 4.78 is 22.5. The van der Waals surface area contributed by atoms with Gasteiger partial charge in [0.25, 0.3) is 0 Å². The summed E-state index contributed by atoms with van der Waals surface area (Å²) in [6, 6.07) is -3.92. The average Bonchev–Trinajstić information content (AvgIpc) is 2.79. The molecule has 0 aromatic rings. The largest absolute Gasteiger partial charge is 0.394 e. The van der Waals surface area contributed by atoms with E-state index in [1.165, 1.54) is 0 Å². The van der Waals surface area contributed by atoms with Gasteiger partial charge in [-0.25, -0.2) is 0 Å². The first-order chi connectivity index (χ1) is 15.5. The van der Waals surface area contributed by atoms with Gasteiger partial charge in [-0.2, -0.15) is 0 Å². The quantitative estimate of drug-likeness (QED) is 0.167. The summed E-state index contributed by atoms with van der Waals surface area (Å²) >= 11 is 0. The Balaban J connectivity index is 1.72. The summed E-state index contributed by atoms with van der Waals surface area (Å²) in [6.45, 7) is -0.694. The van der Waals surface area contributed by atoms with E-state index in [1.54, 1.807) is 0 Å². The zero-order valence-electron chi connectivity index (χ0n) is 18.0. The third-order valence-electron chi connectivity index (χ3n) is 6.56. The van der Waals surface area contributed by atoms with Gasteiger partial charge in [0, 0.05) is 18.6 Å². The Labute approximate surface area is 190 Å². The second-order valence-electron chi connectivity index (χ2n) is 8.88. The number of aliphatic hydroxyl groups is 6. The van der Waals surface area contributed by atoms with Crippen LogP contribution in [-0.2, 0) is 18.9 Å². The van der Waals surface area contributed by atoms with E-state index in [4.69, 9.17) is 47.6 Å². The minimum atomic E-state index is -1.48. The lowest BCUT2D eigenvalue weighted by molar-refractivity contribution is -0.318. The third-order valence-corrected chi connectivity index (χ3v) is 6.56. The standard InChI is InChI=1S/C18H37N5O10/c19-2-6-11(26)12(27)9(23)17(30-6)32-15-4(20)1-5(21)16(14(15)29)33-18-13(28)8(22)10(25)7(3-24)31-18/h4-18,24-29H,1-3,19-23H2/t4-,5+,6+,7+,8-,9+,10-,11+,12+,13+,14-,15+,16-,17+,18+/m0/s1. The van der Waals surface area contributed by atoms with Crippen LogP contribution in [0.25, 0.3) is 0 Å². The van der Waals surface area contributed by atoms with Gasteiger partial charge >= 0.3 is 0 Å². The van der Waals surface area contributed by atoms with Crippen LogP contribution >= 0.6 is 0 Å². The Morgan fingerprint density at radius 1 is 0.667 bits per heavy atom. The van der Waals surface area contributed by atoms with Crippen LogP contribution in [0.5, 0.6) is 0 Å². The van der Waals surface area contributed by atoms with E-state index in [-0.39, 0.29) is 13.0 Å². The molecule has 15 nitrogen and oxygen atoms in total. The van der Waals surface area contributed by atoms with Crippen LogP contribution in [0.3, 0.4) is 0 Å². The smallest absolute Gasteiger partial charge is 0.186 e. The van der Waals surface area contributed by atoms with Gasteiger partial charge in [0.2, 0.25) is 0 Å². The van der Waals surface area contributed by atoms with Crippen molar-refractivity contribution >= 4 is 0 Å². The van der Waals surface area contributed by atoms with Crippen molar-refractivity contribution in [3.63, 3.8) is 0 Å². The van der Waals surface area contributed by atoms with E-state index in [9.17, 15) is 30.6 Å². The molecule has 0 aromatic carbocycles. The van der Waals surface area contributed by atoms with Gasteiger partial charge in [0.1, 0.15) is 54.9 Å². The number of rotatable bonds is 6. The third kappa shape index (κ3) is 5.32. The van der Waals surface area contributed by atoms with Crippen molar-refractivity contribution in [3.8, 4) is 0 Å². The molecular formula is C18H37N5O10. The molecule has 15 atom stereocenters. The Kier molecular flexibility index (Phi) is 8.99. The van der Waals surface area contributed by atoms with Gasteiger partial charge in [-0.05, 0) is 6.42 Å². The van der Waals surface area contributed by atoms with E-state index in [0.717, 1.165) is 0 Å². The molecule has 0 spiro atoms. The number of hydrogen-bond acceptors (Lipinski definition) is 15. The second-order valence-corrected chi connectivity index (χ2v) is 8.88. The predicted molar refractivity (Wildman–Crippen MR) is 110 cm³/mol. The molecule has 0 amide bonds. The molecule has 0 radical (unpaired) electrons. The highest BCUT2D eigenvalue weighted by Crippen LogP contribution is 2.30. The monoisotopic (exact) mass is 483 g/mol. The van der Waals surface area contributed by atoms with Crippen molar-refractivity contribution in [3.05, 3.63) is 0 Å². The molecule has 16 N–H and O–H groups in total. The first kappa shape index (κ1) is 27.0. The maximum Gasteiger partial charge on any atom is 0.186 e. The highest BCUT2D eigenvalue weighted by atomic mass is 16.7. The van der Waals surface area contributed by atoms with Crippen LogP contribution < -0.4 is 28.7 Å². The summed E-state index contributed by atoms with van der Waals surface area (Å²) in [6.07, 6.45) is -13.9. The lowest BCUT2D eigenvalue weighted by Crippen LogP contribution is -2.69. The van der Waals surface area contributed by atoms with Crippen LogP contribution in [0, 0.1) is 0 Å². The van der Waals surface area contributed by atoms with Gasteiger partial charge < -0.3 is 78.3 Å². The number of hydrogen-bond donors (Lipinski definition) is 11. The Morgan fingerprint density at radius 2 is 1.21 bits per heavy atom. The molecule has 3 aliphatic rings. The van der Waals surface area contributed by atoms with Crippen molar-refractivity contribution in [1.29, 1.82) is 0 Å². The Morgan fingerprint density at radius 3 is 1.76 bits per heavy atom. The highest BCUT2D eigenvalue weighted by molar-refractivity contribution is 5.01. The molecule has 0 aromatic heterocycles. The molecule has 33 heavy (non-hydrogen) atoms. The van der Waals surface area contributed by atoms with Gasteiger partial charge in [0.15, 0.2) is 12.6 Å². The molecule has 194 valence electrons. The molecule has 3 rings (SSSR count). The molecule has 1 saturated carbocycles. The molecule has 0 bridgehead atoms. The SMILES string of the molecule is NC[C@H]1O[C@H](O[C@H]2[C@H](O)[C@@H](O[C@H]3O[C@H](CO)[C@H](O)[C@H](N)[C@H]3O)[C@H](N)C[C@@H]2N)[C@H](N)[C@@H](O)[C@@H]1O. The van der Waals surface area contributed by atoms with Gasteiger partial charge in [-0.15, -0.1) is 0 Å². The molecule has 1 aliphatic carbocycles. The van der Waals surface area contributed by atoms with E-state index >= 15 is 0 Å². The zero-order valence-corrected chi connectivity index (χ0v) is 18.0. The maximum atomic E-state index is 11.0. The summed E-state index contributed by atoms with van der Waals surface area (Å²) in [4.78, 5) is 0. The zero-order chi connectivity index (χ0) is 24.6. The Hall–Kier alpha value is -0.600. The molecular weight excluding hydrogens is 446 g/mol. The van der Waals surface area contributed by atoms with Crippen LogP contribution in [0.4, 0.5) is 0 Å². The summed E-state index contributed by atoms with van der Waals surface area (Å²) in [5.41, 5.74) is 29.6. The van der Waals surface area contributed by atoms with Crippen molar-refractivity contribution in [2.75, 3.05) is 13.2 Å². The number of ether oxygens (including phenoxy) is 4. The topological polar surface area (TPSA) is 288 Å². The van der Waals surface area contributed by atoms with Crippen LogP contribution in [-0.4, -0.2) is 135 Å². The fourth-order valence-corrected chi connectivity index (χ4v) is 4.45. The number of aliphatic hydroxyl groups excluding tert-OH is 6. The van der Waals surface area contributed by atoms with Crippen LogP contribution in [0.15, 0.2) is 0 Å². The molecule has 2 aliphatic heterocycles. The minimum absolute atomic E-state index is 0.115. The molecule has 2 heterocycles. The minimum Gasteiger partial charge on any atom is -0.394 e. The predicted octanol–water partition coefficient (Wildman–Crippen LogP) is -7.33. The van der Waals surface area contributed by atoms with Gasteiger partial charge in [-0.1, -0.05) is 0 Å². The molecule has 0 unspecified atom stereocenters. The average molecular weight is 484 g/mol. The van der Waals surface area contributed by atoms with Crippen molar-refractivity contribution < 1.29 is 49.6 Å². The first-order valence-electron chi connectivity index (χ1n) is 10.9. The van der Waals surface area contributed by atoms with E-state index in [0.29, 0.717) is 0 Å². The van der Waals surface area contributed by atoms with Crippen molar-refractivity contribution in [2.45, 2.75) is 98.1 Å². The van der Waals surface area contributed by atoms with E-state index in [2.05, 4.69) is 0 Å². The summed E-state index contributed by atoms with van der Waals surface area (Å²) in [7, 11) is 0. The van der Waals surface area contributed by atoms with Gasteiger partial charge in [-0.3, -0.25) is 0 Å². The molecule has 3 fully saturated rings. The summed E-state index contributed by atoms with van der Waals surface area (Å²) in [5, 5.41) is 60.9. The second kappa shape index (κ2) is 11.0. The van der Waals surface area contributed by atoms with E-state index in [1.807, 2.05) is 0 Å². The van der Waals surface area contributed by atoms with Crippen LogP contribution in [0.1, 0.15) is 6.42 Å².